The van der Waals surface area contributed by atoms with E-state index in [4.69, 9.17) is 0 Å². The van der Waals surface area contributed by atoms with Crippen molar-refractivity contribution in [2.75, 3.05) is 0 Å². The molecule has 422 valence electrons. The summed E-state index contributed by atoms with van der Waals surface area (Å²) in [7, 11) is 0. The number of unbranched alkanes of at least 4 members (excludes halogenated alkanes) is 2. The Labute approximate surface area is 400 Å². The van der Waals surface area contributed by atoms with Gasteiger partial charge in [-0.25, -0.2) is 0 Å². The smallest absolute Gasteiger partial charge is 0.200 e. The zero-order valence-corrected chi connectivity index (χ0v) is 37.4. The van der Waals surface area contributed by atoms with E-state index in [-0.39, 0.29) is 31.2 Å². The zero-order chi connectivity index (χ0) is 57.9. The summed E-state index contributed by atoms with van der Waals surface area (Å²) in [6, 6.07) is 7.05. The van der Waals surface area contributed by atoms with E-state index >= 15 is 0 Å². The van der Waals surface area contributed by atoms with Crippen LogP contribution in [0, 0.1) is 0 Å². The van der Waals surface area contributed by atoms with Crippen molar-refractivity contribution in [3.8, 4) is 11.1 Å². The van der Waals surface area contributed by atoms with Crippen LogP contribution in [0.4, 0.5) is 149 Å². The molecule has 73 heavy (non-hydrogen) atoms. The zero-order valence-electron chi connectivity index (χ0n) is 34.2. The fraction of sp³-hybridized carbons (Fsp3) is 0.676. The summed E-state index contributed by atoms with van der Waals surface area (Å²) >= 11 is 5.93. The maximum Gasteiger partial charge on any atom is 0.460 e. The van der Waals surface area contributed by atoms with Crippen LogP contribution in [0.25, 0.3) is 11.1 Å². The third-order valence-corrected chi connectivity index (χ3v) is 12.5. The number of rotatable bonds is 22. The van der Waals surface area contributed by atoms with Crippen molar-refractivity contribution in [1.29, 1.82) is 0 Å². The minimum atomic E-state index is -8.93. The molecule has 0 fully saturated rings. The second-order valence-corrected chi connectivity index (χ2v) is 18.0. The molecule has 0 nitrogen and oxygen atoms in total. The molecule has 0 unspecified atom stereocenters. The first-order valence-electron chi connectivity index (χ1n) is 18.9. The topological polar surface area (TPSA) is 0 Å². The van der Waals surface area contributed by atoms with Gasteiger partial charge in [-0.1, -0.05) is 56.8 Å². The summed E-state index contributed by atoms with van der Waals surface area (Å²) in [4.78, 5) is 0. The maximum atomic E-state index is 14.8. The second kappa shape index (κ2) is 18.6. The van der Waals surface area contributed by atoms with Crippen molar-refractivity contribution < 1.29 is 149 Å². The summed E-state index contributed by atoms with van der Waals surface area (Å²) in [6.45, 7) is 0. The highest BCUT2D eigenvalue weighted by Crippen LogP contribution is 2.67. The molecule has 0 spiro atoms. The van der Waals surface area contributed by atoms with Crippen LogP contribution in [0.5, 0.6) is 0 Å². The van der Waals surface area contributed by atoms with Crippen LogP contribution >= 0.6 is 31.9 Å². The van der Waals surface area contributed by atoms with Gasteiger partial charge in [-0.3, -0.25) is 0 Å². The Morgan fingerprint density at radius 1 is 0.288 bits per heavy atom. The molecule has 2 aromatic carbocycles. The second-order valence-electron chi connectivity index (χ2n) is 16.2. The van der Waals surface area contributed by atoms with Crippen molar-refractivity contribution in [3.63, 3.8) is 0 Å². The molecule has 0 N–H and O–H groups in total. The molecule has 0 radical (unpaired) electrons. The average Bonchev–Trinajstić information content (AvgIpc) is 3.46. The number of hydrogen-bond acceptors (Lipinski definition) is 0. The fourth-order valence-electron chi connectivity index (χ4n) is 7.36. The molecule has 2 aromatic rings. The van der Waals surface area contributed by atoms with Crippen molar-refractivity contribution in [1.82, 2.24) is 0 Å². The Hall–Kier alpha value is -2.98. The van der Waals surface area contributed by atoms with Crippen LogP contribution < -0.4 is 0 Å². The molecule has 0 saturated carbocycles. The first kappa shape index (κ1) is 64.3. The van der Waals surface area contributed by atoms with E-state index < -0.39 is 152 Å². The number of hydrogen-bond donors (Lipinski definition) is 0. The number of alkyl halides is 34. The lowest BCUT2D eigenvalue weighted by Crippen LogP contribution is -2.74. The molecule has 0 aliphatic heterocycles. The summed E-state index contributed by atoms with van der Waals surface area (Å²) in [5.41, 5.74) is -2.42. The van der Waals surface area contributed by atoms with Gasteiger partial charge in [0.15, 0.2) is 0 Å². The Bertz CT molecular complexity index is 2150. The predicted molar refractivity (Wildman–Crippen MR) is 186 cm³/mol. The van der Waals surface area contributed by atoms with Crippen molar-refractivity contribution in [2.24, 2.45) is 0 Å². The summed E-state index contributed by atoms with van der Waals surface area (Å²) in [5.74, 6) is -117. The molecule has 0 heterocycles. The highest BCUT2D eigenvalue weighted by Gasteiger charge is 2.97. The molecule has 1 aliphatic rings. The third-order valence-electron chi connectivity index (χ3n) is 11.5. The van der Waals surface area contributed by atoms with E-state index in [1.807, 2.05) is 0 Å². The lowest BCUT2D eigenvalue weighted by molar-refractivity contribution is -0.461. The molecule has 36 heteroatoms. The number of halogens is 36. The van der Waals surface area contributed by atoms with Gasteiger partial charge in [0.1, 0.15) is 0 Å². The van der Waals surface area contributed by atoms with E-state index in [0.29, 0.717) is 0 Å². The van der Waals surface area contributed by atoms with E-state index in [0.717, 1.165) is 12.1 Å². The molecule has 0 atom stereocenters. The van der Waals surface area contributed by atoms with Gasteiger partial charge in [0.05, 0.1) is 0 Å². The predicted octanol–water partition coefficient (Wildman–Crippen LogP) is 18.6. The molecule has 0 aromatic heterocycles. The highest BCUT2D eigenvalue weighted by atomic mass is 79.9. The normalized spacial score (nSPS) is 16.8. The van der Waals surface area contributed by atoms with E-state index in [1.54, 1.807) is 0 Å². The largest absolute Gasteiger partial charge is 0.460 e. The van der Waals surface area contributed by atoms with Crippen molar-refractivity contribution in [3.05, 3.63) is 56.5 Å². The molecular weight excluding hydrogens is 1250 g/mol. The van der Waals surface area contributed by atoms with Crippen LogP contribution in [0.1, 0.15) is 62.5 Å². The van der Waals surface area contributed by atoms with Crippen LogP contribution in [0.3, 0.4) is 0 Å². The van der Waals surface area contributed by atoms with Gasteiger partial charge < -0.3 is 0 Å². The fourth-order valence-corrected chi connectivity index (χ4v) is 8.08. The van der Waals surface area contributed by atoms with Crippen LogP contribution in [-0.2, 0) is 5.41 Å². The van der Waals surface area contributed by atoms with Gasteiger partial charge in [0.2, 0.25) is 0 Å². The molecule has 1 aliphatic carbocycles. The number of benzene rings is 2. The summed E-state index contributed by atoms with van der Waals surface area (Å²) in [6.07, 6.45) is -30.0. The number of fused-ring (bicyclic) bond motifs is 3. The Balaban J connectivity index is 2.01. The molecule has 0 saturated heterocycles. The van der Waals surface area contributed by atoms with Crippen LogP contribution in [0.2, 0.25) is 0 Å². The van der Waals surface area contributed by atoms with Gasteiger partial charge in [0.25, 0.3) is 0 Å². The van der Waals surface area contributed by atoms with Gasteiger partial charge in [0, 0.05) is 27.2 Å². The Morgan fingerprint density at radius 3 is 0.740 bits per heavy atom. The SMILES string of the molecule is FC(F)(F)C(F)(F)C(F)(F)C(F)(F)C(F)(F)C(F)(F)C(F)(F)C(F)(F)CCCCC1(CCCCC(F)(F)C(F)(F)C(F)(F)C(F)(F)C(F)(F)C(F)(F)C(F)(F)C(F)(F)F)c2cc(Br)ccc2-c2ccc(Br)cc21. The molecular formula is C37H22Br2F34. The Kier molecular flexibility index (Phi) is 16.4. The highest BCUT2D eigenvalue weighted by molar-refractivity contribution is 9.10. The quantitative estimate of drug-likeness (QED) is 0.0814. The summed E-state index contributed by atoms with van der Waals surface area (Å²) in [5, 5.41) is 0. The maximum absolute atomic E-state index is 14.8. The van der Waals surface area contributed by atoms with Crippen molar-refractivity contribution in [2.45, 2.75) is 152 Å². The molecule has 0 amide bonds. The molecule has 3 rings (SSSR count). The van der Waals surface area contributed by atoms with Crippen molar-refractivity contribution >= 4 is 31.9 Å². The standard InChI is InChI=1S/C37H22Br2F34/c38-15-5-7-17-18-8-6-16(39)14-20(18)21(19(17)13-15,9-1-3-11-22(40,41)24(44,45)26(48,49)28(52,53)30(56,57)32(60,61)34(64,65)36(68,69)70)10-2-4-12-23(42,43)25(46,47)27(50,51)29(54,55)31(58,59)33(62,63)35(66,67)37(71,72)73/h5-8,13-14H,1-4,9-12H2. The lowest BCUT2D eigenvalue weighted by atomic mass is 9.70. The first-order chi connectivity index (χ1) is 31.9. The average molecular weight is 1270 g/mol. The minimum Gasteiger partial charge on any atom is -0.200 e. The van der Waals surface area contributed by atoms with Gasteiger partial charge in [-0.15, -0.1) is 0 Å². The minimum absolute atomic E-state index is 0.00285. The van der Waals surface area contributed by atoms with E-state index in [1.165, 1.54) is 24.3 Å². The van der Waals surface area contributed by atoms with Gasteiger partial charge >= 0.3 is 95.3 Å². The van der Waals surface area contributed by atoms with Crippen LogP contribution in [0.15, 0.2) is 45.3 Å². The van der Waals surface area contributed by atoms with Gasteiger partial charge in [-0.2, -0.15) is 149 Å². The van der Waals surface area contributed by atoms with Gasteiger partial charge in [-0.05, 0) is 72.2 Å². The third kappa shape index (κ3) is 9.26. The monoisotopic (exact) mass is 1270 g/mol. The van der Waals surface area contributed by atoms with E-state index in [2.05, 4.69) is 31.9 Å². The molecule has 0 bridgehead atoms. The lowest BCUT2D eigenvalue weighted by Gasteiger charge is -2.43. The Morgan fingerprint density at radius 2 is 0.507 bits per heavy atom. The van der Waals surface area contributed by atoms with E-state index in [9.17, 15) is 149 Å². The van der Waals surface area contributed by atoms with Crippen LogP contribution in [-0.4, -0.2) is 95.3 Å². The first-order valence-corrected chi connectivity index (χ1v) is 20.5. The summed E-state index contributed by atoms with van der Waals surface area (Å²) < 4.78 is 470.